The van der Waals surface area contributed by atoms with Crippen LogP contribution in [-0.4, -0.2) is 43.8 Å². The van der Waals surface area contributed by atoms with Crippen LogP contribution in [0.15, 0.2) is 36.4 Å². The molecule has 7 heteroatoms. The SMILES string of the molecule is CCCCCCCCCCCCCCCCN(C)c1ccc(NCC(O)CNC(=O)c2ccc(Cl)s2)cc1. The van der Waals surface area contributed by atoms with Crippen LogP contribution in [0, 0.1) is 0 Å². The first-order chi connectivity index (χ1) is 18.5. The maximum atomic E-state index is 12.1. The van der Waals surface area contributed by atoms with E-state index in [4.69, 9.17) is 11.6 Å². The van der Waals surface area contributed by atoms with E-state index in [1.54, 1.807) is 12.1 Å². The van der Waals surface area contributed by atoms with E-state index in [2.05, 4.69) is 41.6 Å². The van der Waals surface area contributed by atoms with E-state index in [9.17, 15) is 9.90 Å². The third kappa shape index (κ3) is 14.4. The second-order valence-electron chi connectivity index (χ2n) is 10.4. The normalized spacial score (nSPS) is 11.9. The van der Waals surface area contributed by atoms with Crippen molar-refractivity contribution in [2.45, 2.75) is 103 Å². The van der Waals surface area contributed by atoms with Crippen molar-refractivity contribution < 1.29 is 9.90 Å². The maximum absolute atomic E-state index is 12.1. The molecule has 1 aromatic heterocycles. The summed E-state index contributed by atoms with van der Waals surface area (Å²) >= 11 is 7.10. The maximum Gasteiger partial charge on any atom is 0.261 e. The smallest absolute Gasteiger partial charge is 0.261 e. The Labute approximate surface area is 240 Å². The minimum atomic E-state index is -0.683. The van der Waals surface area contributed by atoms with Crippen molar-refractivity contribution in [1.29, 1.82) is 0 Å². The topological polar surface area (TPSA) is 64.6 Å². The Morgan fingerprint density at radius 1 is 0.842 bits per heavy atom. The number of benzene rings is 1. The molecule has 0 bridgehead atoms. The Hall–Kier alpha value is -1.76. The van der Waals surface area contributed by atoms with E-state index in [-0.39, 0.29) is 12.5 Å². The van der Waals surface area contributed by atoms with Crippen molar-refractivity contribution in [2.75, 3.05) is 36.9 Å². The molecule has 5 nitrogen and oxygen atoms in total. The van der Waals surface area contributed by atoms with E-state index in [0.29, 0.717) is 15.8 Å². The van der Waals surface area contributed by atoms with E-state index in [1.807, 2.05) is 12.1 Å². The number of nitrogens with zero attached hydrogens (tertiary/aromatic N) is 1. The summed E-state index contributed by atoms with van der Waals surface area (Å²) in [6, 6.07) is 11.7. The van der Waals surface area contributed by atoms with Crippen molar-refractivity contribution >= 4 is 40.2 Å². The van der Waals surface area contributed by atoms with E-state index < -0.39 is 6.10 Å². The summed E-state index contributed by atoms with van der Waals surface area (Å²) in [5.41, 5.74) is 2.15. The van der Waals surface area contributed by atoms with Gasteiger partial charge in [0.25, 0.3) is 5.91 Å². The van der Waals surface area contributed by atoms with Gasteiger partial charge in [-0.05, 0) is 42.8 Å². The third-order valence-electron chi connectivity index (χ3n) is 6.99. The summed E-state index contributed by atoms with van der Waals surface area (Å²) in [7, 11) is 2.15. The van der Waals surface area contributed by atoms with Gasteiger partial charge in [0.15, 0.2) is 0 Å². The highest BCUT2D eigenvalue weighted by Gasteiger charge is 2.11. The van der Waals surface area contributed by atoms with Gasteiger partial charge in [-0.1, -0.05) is 102 Å². The van der Waals surface area contributed by atoms with E-state index in [0.717, 1.165) is 12.2 Å². The standard InChI is InChI=1S/C31H50ClN3O2S/c1-3-4-5-6-7-8-9-10-11-12-13-14-15-16-23-35(2)27-19-17-26(18-20-27)33-24-28(36)25-34-31(37)29-21-22-30(32)38-29/h17-22,28,33,36H,3-16,23-25H2,1-2H3,(H,34,37). The van der Waals surface area contributed by atoms with Gasteiger partial charge in [0.1, 0.15) is 0 Å². The minimum absolute atomic E-state index is 0.182. The Balaban J connectivity index is 1.47. The number of thiophene rings is 1. The first-order valence-electron chi connectivity index (χ1n) is 14.8. The molecule has 0 aliphatic heterocycles. The fourth-order valence-corrected chi connectivity index (χ4v) is 5.51. The Bertz CT molecular complexity index is 874. The van der Waals surface area contributed by atoms with Crippen molar-refractivity contribution in [3.63, 3.8) is 0 Å². The molecule has 0 saturated carbocycles. The number of unbranched alkanes of at least 4 members (excludes halogenated alkanes) is 13. The lowest BCUT2D eigenvalue weighted by Gasteiger charge is -2.20. The molecule has 0 saturated heterocycles. The van der Waals surface area contributed by atoms with Crippen LogP contribution in [0.4, 0.5) is 11.4 Å². The van der Waals surface area contributed by atoms with Crippen LogP contribution in [0.5, 0.6) is 0 Å². The van der Waals surface area contributed by atoms with Crippen molar-refractivity contribution in [1.82, 2.24) is 5.32 Å². The first-order valence-corrected chi connectivity index (χ1v) is 16.0. The number of hydrogen-bond acceptors (Lipinski definition) is 5. The molecular formula is C31H50ClN3O2S. The molecule has 214 valence electrons. The number of aliphatic hydroxyl groups is 1. The molecule has 0 spiro atoms. The number of hydrogen-bond donors (Lipinski definition) is 3. The molecule has 1 atom stereocenters. The molecule has 2 rings (SSSR count). The predicted octanol–water partition coefficient (Wildman–Crippen LogP) is 8.52. The summed E-state index contributed by atoms with van der Waals surface area (Å²) in [4.78, 5) is 14.9. The van der Waals surface area contributed by atoms with Crippen LogP contribution < -0.4 is 15.5 Å². The second kappa shape index (κ2) is 20.2. The second-order valence-corrected chi connectivity index (χ2v) is 12.1. The molecule has 0 fully saturated rings. The van der Waals surface area contributed by atoms with Crippen LogP contribution in [-0.2, 0) is 0 Å². The van der Waals surface area contributed by atoms with Gasteiger partial charge in [0.2, 0.25) is 0 Å². The molecule has 2 aromatic rings. The van der Waals surface area contributed by atoms with Gasteiger partial charge in [-0.25, -0.2) is 0 Å². The van der Waals surface area contributed by atoms with Crippen LogP contribution in [0.3, 0.4) is 0 Å². The fourth-order valence-electron chi connectivity index (χ4n) is 4.55. The molecule has 0 aliphatic rings. The summed E-state index contributed by atoms with van der Waals surface area (Å²) in [5, 5.41) is 16.2. The van der Waals surface area contributed by atoms with Gasteiger partial charge in [-0.2, -0.15) is 0 Å². The van der Waals surface area contributed by atoms with Gasteiger partial charge in [0.05, 0.1) is 15.3 Å². The Morgan fingerprint density at radius 2 is 1.39 bits per heavy atom. The highest BCUT2D eigenvalue weighted by atomic mass is 35.5. The zero-order valence-corrected chi connectivity index (χ0v) is 25.2. The average Bonchev–Trinajstić information content (AvgIpc) is 3.37. The van der Waals surface area contributed by atoms with Crippen molar-refractivity contribution in [3.8, 4) is 0 Å². The van der Waals surface area contributed by atoms with Crippen molar-refractivity contribution in [2.24, 2.45) is 0 Å². The number of carbonyl (C=O) groups excluding carboxylic acids is 1. The molecule has 1 aromatic carbocycles. The van der Waals surface area contributed by atoms with Crippen LogP contribution in [0.25, 0.3) is 0 Å². The Kier molecular flexibility index (Phi) is 17.2. The van der Waals surface area contributed by atoms with E-state index >= 15 is 0 Å². The highest BCUT2D eigenvalue weighted by molar-refractivity contribution is 7.18. The van der Waals surface area contributed by atoms with Crippen LogP contribution >= 0.6 is 22.9 Å². The number of carbonyl (C=O) groups is 1. The molecule has 1 heterocycles. The minimum Gasteiger partial charge on any atom is -0.389 e. The molecule has 3 N–H and O–H groups in total. The van der Waals surface area contributed by atoms with Gasteiger partial charge >= 0.3 is 0 Å². The van der Waals surface area contributed by atoms with Gasteiger partial charge < -0.3 is 20.6 Å². The average molecular weight is 564 g/mol. The van der Waals surface area contributed by atoms with Crippen LogP contribution in [0.2, 0.25) is 4.34 Å². The fraction of sp³-hybridized carbons (Fsp3) is 0.645. The van der Waals surface area contributed by atoms with Crippen molar-refractivity contribution in [3.05, 3.63) is 45.6 Å². The molecule has 1 unspecified atom stereocenters. The van der Waals surface area contributed by atoms with Gasteiger partial charge in [-0.15, -0.1) is 11.3 Å². The summed E-state index contributed by atoms with van der Waals surface area (Å²) in [6.07, 6.45) is 18.7. The predicted molar refractivity (Wildman–Crippen MR) is 166 cm³/mol. The molecule has 38 heavy (non-hydrogen) atoms. The number of amides is 1. The largest absolute Gasteiger partial charge is 0.389 e. The Morgan fingerprint density at radius 3 is 1.92 bits per heavy atom. The highest BCUT2D eigenvalue weighted by Crippen LogP contribution is 2.21. The molecular weight excluding hydrogens is 514 g/mol. The van der Waals surface area contributed by atoms with Crippen LogP contribution in [0.1, 0.15) is 106 Å². The zero-order chi connectivity index (χ0) is 27.4. The summed E-state index contributed by atoms with van der Waals surface area (Å²) in [6.45, 7) is 3.89. The van der Waals surface area contributed by atoms with Gasteiger partial charge in [-0.3, -0.25) is 4.79 Å². The van der Waals surface area contributed by atoms with Gasteiger partial charge in [0, 0.05) is 38.1 Å². The molecule has 1 amide bonds. The lowest BCUT2D eigenvalue weighted by molar-refractivity contribution is 0.0926. The first kappa shape index (κ1) is 32.5. The molecule has 0 aliphatic carbocycles. The summed E-state index contributed by atoms with van der Waals surface area (Å²) < 4.78 is 0.575. The third-order valence-corrected chi connectivity index (χ3v) is 8.22. The number of aliphatic hydroxyl groups excluding tert-OH is 1. The number of halogens is 1. The zero-order valence-electron chi connectivity index (χ0n) is 23.7. The lowest BCUT2D eigenvalue weighted by atomic mass is 10.0. The number of anilines is 2. The number of rotatable bonds is 22. The van der Waals surface area contributed by atoms with E-state index in [1.165, 1.54) is 107 Å². The monoisotopic (exact) mass is 563 g/mol. The lowest BCUT2D eigenvalue weighted by Crippen LogP contribution is -2.35. The number of nitrogens with one attached hydrogen (secondary N) is 2. The quantitative estimate of drug-likeness (QED) is 0.126. The molecule has 0 radical (unpaired) electrons. The summed E-state index contributed by atoms with van der Waals surface area (Å²) in [5.74, 6) is -0.216.